The summed E-state index contributed by atoms with van der Waals surface area (Å²) in [6.45, 7) is 3.57. The third kappa shape index (κ3) is 2.00. The van der Waals surface area contributed by atoms with Gasteiger partial charge in [0, 0.05) is 12.3 Å². The number of carbonyl (C=O) groups is 2. The Labute approximate surface area is 66.3 Å². The molecule has 0 spiro atoms. The van der Waals surface area contributed by atoms with Gasteiger partial charge in [0.25, 0.3) is 0 Å². The fourth-order valence-electron chi connectivity index (χ4n) is 1.38. The highest BCUT2D eigenvalue weighted by atomic mass is 16.2. The Bertz CT molecular complexity index is 194. The summed E-state index contributed by atoms with van der Waals surface area (Å²) in [5, 5.41) is 0. The molecule has 0 saturated heterocycles. The lowest BCUT2D eigenvalue weighted by molar-refractivity contribution is -0.122. The summed E-state index contributed by atoms with van der Waals surface area (Å²) in [6.07, 6.45) is 4.06. The maximum absolute atomic E-state index is 11.0. The first-order chi connectivity index (χ1) is 5.24. The zero-order valence-corrected chi connectivity index (χ0v) is 6.51. The number of hydrogen-bond acceptors (Lipinski definition) is 2. The Morgan fingerprint density at radius 2 is 2.27 bits per heavy atom. The van der Waals surface area contributed by atoms with E-state index in [1.54, 1.807) is 6.08 Å². The number of ketones is 2. The summed E-state index contributed by atoms with van der Waals surface area (Å²) in [5.74, 6) is 0.224. The van der Waals surface area contributed by atoms with Crippen LogP contribution in [0.4, 0.5) is 0 Å². The molecule has 0 aromatic carbocycles. The molecule has 0 bridgehead atoms. The van der Waals surface area contributed by atoms with Gasteiger partial charge in [-0.25, -0.2) is 0 Å². The fraction of sp³-hybridized carbons (Fsp3) is 0.556. The molecule has 60 valence electrons. The van der Waals surface area contributed by atoms with Crippen molar-refractivity contribution in [3.05, 3.63) is 12.7 Å². The molecule has 0 amide bonds. The van der Waals surface area contributed by atoms with E-state index in [2.05, 4.69) is 6.58 Å². The summed E-state index contributed by atoms with van der Waals surface area (Å²) in [6, 6.07) is 0. The van der Waals surface area contributed by atoms with Crippen LogP contribution in [0.1, 0.15) is 25.7 Å². The van der Waals surface area contributed by atoms with E-state index in [0.29, 0.717) is 6.42 Å². The summed E-state index contributed by atoms with van der Waals surface area (Å²) >= 11 is 0. The highest BCUT2D eigenvalue weighted by Crippen LogP contribution is 2.22. The standard InChI is InChI=1S/C9H12O2/c1-2-3-4-7-5-8(10)6-9(7)11/h2,7H,1,3-6H2. The molecule has 2 heteroatoms. The van der Waals surface area contributed by atoms with E-state index in [0.717, 1.165) is 12.8 Å². The van der Waals surface area contributed by atoms with Crippen molar-refractivity contribution in [1.82, 2.24) is 0 Å². The Balaban J connectivity index is 2.40. The minimum absolute atomic E-state index is 0.000463. The molecule has 0 radical (unpaired) electrons. The summed E-state index contributed by atoms with van der Waals surface area (Å²) in [7, 11) is 0. The molecule has 11 heavy (non-hydrogen) atoms. The van der Waals surface area contributed by atoms with E-state index in [1.165, 1.54) is 0 Å². The van der Waals surface area contributed by atoms with Crippen molar-refractivity contribution >= 4 is 11.6 Å². The van der Waals surface area contributed by atoms with Crippen molar-refractivity contribution in [3.8, 4) is 0 Å². The lowest BCUT2D eigenvalue weighted by Crippen LogP contribution is -2.04. The minimum atomic E-state index is 0.000463. The molecule has 1 saturated carbocycles. The molecule has 1 unspecified atom stereocenters. The molecule has 1 atom stereocenters. The largest absolute Gasteiger partial charge is 0.299 e. The van der Waals surface area contributed by atoms with Gasteiger partial charge in [0.15, 0.2) is 0 Å². The van der Waals surface area contributed by atoms with Crippen LogP contribution in [-0.2, 0) is 9.59 Å². The predicted molar refractivity (Wildman–Crippen MR) is 42.2 cm³/mol. The third-order valence-corrected chi connectivity index (χ3v) is 2.02. The van der Waals surface area contributed by atoms with E-state index < -0.39 is 0 Å². The van der Waals surface area contributed by atoms with Gasteiger partial charge in [-0.05, 0) is 12.8 Å². The molecular formula is C9H12O2. The van der Waals surface area contributed by atoms with Gasteiger partial charge in [0.1, 0.15) is 11.6 Å². The first kappa shape index (κ1) is 8.18. The molecule has 2 nitrogen and oxygen atoms in total. The first-order valence-corrected chi connectivity index (χ1v) is 3.89. The summed E-state index contributed by atoms with van der Waals surface area (Å²) in [4.78, 5) is 21.8. The molecule has 0 heterocycles. The van der Waals surface area contributed by atoms with E-state index in [1.807, 2.05) is 0 Å². The van der Waals surface area contributed by atoms with Crippen molar-refractivity contribution in [3.63, 3.8) is 0 Å². The van der Waals surface area contributed by atoms with Crippen molar-refractivity contribution in [2.75, 3.05) is 0 Å². The van der Waals surface area contributed by atoms with Crippen LogP contribution in [0.15, 0.2) is 12.7 Å². The van der Waals surface area contributed by atoms with Crippen molar-refractivity contribution in [2.45, 2.75) is 25.7 Å². The second-order valence-corrected chi connectivity index (χ2v) is 2.95. The van der Waals surface area contributed by atoms with Crippen molar-refractivity contribution < 1.29 is 9.59 Å². The Morgan fingerprint density at radius 1 is 1.55 bits per heavy atom. The van der Waals surface area contributed by atoms with Gasteiger partial charge >= 0.3 is 0 Å². The van der Waals surface area contributed by atoms with Crippen molar-refractivity contribution in [2.24, 2.45) is 5.92 Å². The molecule has 0 aromatic heterocycles. The SMILES string of the molecule is C=CCCC1CC(=O)CC1=O. The van der Waals surface area contributed by atoms with Crippen molar-refractivity contribution in [1.29, 1.82) is 0 Å². The fourth-order valence-corrected chi connectivity index (χ4v) is 1.38. The average molecular weight is 152 g/mol. The zero-order chi connectivity index (χ0) is 8.27. The van der Waals surface area contributed by atoms with Gasteiger partial charge in [0.05, 0.1) is 6.42 Å². The number of hydrogen-bond donors (Lipinski definition) is 0. The Hall–Kier alpha value is -0.920. The second kappa shape index (κ2) is 3.46. The van der Waals surface area contributed by atoms with Gasteiger partial charge in [0.2, 0.25) is 0 Å². The number of rotatable bonds is 3. The molecule has 1 fully saturated rings. The van der Waals surface area contributed by atoms with Crippen LogP contribution >= 0.6 is 0 Å². The Kier molecular flexibility index (Phi) is 2.58. The van der Waals surface area contributed by atoms with Crippen LogP contribution in [-0.4, -0.2) is 11.6 Å². The van der Waals surface area contributed by atoms with Gasteiger partial charge in [-0.1, -0.05) is 6.08 Å². The molecule has 0 aliphatic heterocycles. The minimum Gasteiger partial charge on any atom is -0.299 e. The summed E-state index contributed by atoms with van der Waals surface area (Å²) in [5.41, 5.74) is 0. The van der Waals surface area contributed by atoms with Crippen LogP contribution in [0.2, 0.25) is 0 Å². The molecule has 1 rings (SSSR count). The lowest BCUT2D eigenvalue weighted by Gasteiger charge is -2.01. The third-order valence-electron chi connectivity index (χ3n) is 2.02. The predicted octanol–water partition coefficient (Wildman–Crippen LogP) is 1.50. The van der Waals surface area contributed by atoms with Crippen LogP contribution in [0, 0.1) is 5.92 Å². The van der Waals surface area contributed by atoms with Crippen LogP contribution in [0.3, 0.4) is 0 Å². The second-order valence-electron chi connectivity index (χ2n) is 2.95. The average Bonchev–Trinajstić information content (AvgIpc) is 2.26. The molecule has 1 aliphatic rings. The van der Waals surface area contributed by atoms with E-state index in [-0.39, 0.29) is 23.9 Å². The highest BCUT2D eigenvalue weighted by molar-refractivity contribution is 6.06. The normalized spacial score (nSPS) is 24.2. The maximum atomic E-state index is 11.0. The molecule has 1 aliphatic carbocycles. The molecule has 0 aromatic rings. The van der Waals surface area contributed by atoms with E-state index in [9.17, 15) is 9.59 Å². The topological polar surface area (TPSA) is 34.1 Å². The lowest BCUT2D eigenvalue weighted by atomic mass is 10.0. The van der Waals surface area contributed by atoms with Gasteiger partial charge < -0.3 is 0 Å². The quantitative estimate of drug-likeness (QED) is 0.453. The van der Waals surface area contributed by atoms with Gasteiger partial charge in [-0.3, -0.25) is 9.59 Å². The van der Waals surface area contributed by atoms with Gasteiger partial charge in [-0.2, -0.15) is 0 Å². The molecule has 0 N–H and O–H groups in total. The van der Waals surface area contributed by atoms with E-state index in [4.69, 9.17) is 0 Å². The smallest absolute Gasteiger partial charge is 0.143 e. The van der Waals surface area contributed by atoms with Crippen LogP contribution in [0.25, 0.3) is 0 Å². The number of carbonyl (C=O) groups excluding carboxylic acids is 2. The number of Topliss-reactive ketones (excluding diaryl/α,β-unsaturated/α-hetero) is 2. The van der Waals surface area contributed by atoms with Crippen LogP contribution in [0.5, 0.6) is 0 Å². The highest BCUT2D eigenvalue weighted by Gasteiger charge is 2.29. The van der Waals surface area contributed by atoms with Crippen LogP contribution < -0.4 is 0 Å². The maximum Gasteiger partial charge on any atom is 0.143 e. The first-order valence-electron chi connectivity index (χ1n) is 3.89. The van der Waals surface area contributed by atoms with E-state index >= 15 is 0 Å². The molecular weight excluding hydrogens is 140 g/mol. The van der Waals surface area contributed by atoms with Gasteiger partial charge in [-0.15, -0.1) is 6.58 Å². The zero-order valence-electron chi connectivity index (χ0n) is 6.51. The number of allylic oxidation sites excluding steroid dienone is 1. The summed E-state index contributed by atoms with van der Waals surface area (Å²) < 4.78 is 0. The monoisotopic (exact) mass is 152 g/mol. The Morgan fingerprint density at radius 3 is 2.73 bits per heavy atom.